The summed E-state index contributed by atoms with van der Waals surface area (Å²) < 4.78 is 1.92. The van der Waals surface area contributed by atoms with Gasteiger partial charge in [-0.3, -0.25) is 9.48 Å². The van der Waals surface area contributed by atoms with Crippen LogP contribution in [0.15, 0.2) is 54.9 Å². The Morgan fingerprint density at radius 3 is 2.71 bits per heavy atom. The number of benzene rings is 2. The molecular weight excluding hydrogens is 414 g/mol. The van der Waals surface area contributed by atoms with Crippen molar-refractivity contribution in [1.82, 2.24) is 9.78 Å². The van der Waals surface area contributed by atoms with E-state index in [4.69, 9.17) is 11.6 Å². The molecule has 2 fully saturated rings. The lowest BCUT2D eigenvalue weighted by Crippen LogP contribution is -2.17. The molecule has 2 aromatic carbocycles. The number of aromatic nitrogens is 2. The first-order chi connectivity index (χ1) is 15.0. The smallest absolute Gasteiger partial charge is 0.336 e. The van der Waals surface area contributed by atoms with Gasteiger partial charge in [0.25, 0.3) is 0 Å². The molecule has 2 atom stereocenters. The van der Waals surface area contributed by atoms with Gasteiger partial charge in [-0.1, -0.05) is 29.8 Å². The molecule has 6 nitrogen and oxygen atoms in total. The predicted octanol–water partition coefficient (Wildman–Crippen LogP) is 5.37. The Hall–Kier alpha value is -3.12. The van der Waals surface area contributed by atoms with Gasteiger partial charge >= 0.3 is 5.97 Å². The number of nitrogens with zero attached hydrogens (tertiary/aromatic N) is 2. The van der Waals surface area contributed by atoms with E-state index in [0.717, 1.165) is 30.4 Å². The van der Waals surface area contributed by atoms with Crippen LogP contribution < -0.4 is 5.32 Å². The number of carbonyl (C=O) groups is 2. The van der Waals surface area contributed by atoms with Gasteiger partial charge in [0.05, 0.1) is 17.8 Å². The van der Waals surface area contributed by atoms with E-state index in [1.165, 1.54) is 12.5 Å². The average molecular weight is 436 g/mol. The number of hydrogen-bond acceptors (Lipinski definition) is 3. The first-order valence-electron chi connectivity index (χ1n) is 10.5. The van der Waals surface area contributed by atoms with E-state index in [1.54, 1.807) is 18.3 Å². The molecule has 2 aliphatic rings. The Labute approximate surface area is 184 Å². The average Bonchev–Trinajstić information content (AvgIpc) is 3.38. The van der Waals surface area contributed by atoms with E-state index in [-0.39, 0.29) is 23.3 Å². The zero-order valence-electron chi connectivity index (χ0n) is 16.8. The van der Waals surface area contributed by atoms with Crippen molar-refractivity contribution in [2.45, 2.75) is 37.6 Å². The number of amides is 1. The normalized spacial score (nSPS) is 20.2. The molecule has 1 aromatic heterocycles. The van der Waals surface area contributed by atoms with Crippen LogP contribution in [-0.4, -0.2) is 26.8 Å². The van der Waals surface area contributed by atoms with Gasteiger partial charge in [0.2, 0.25) is 5.91 Å². The number of hydrogen-bond donors (Lipinski definition) is 2. The molecule has 5 rings (SSSR count). The minimum absolute atomic E-state index is 0.105. The topological polar surface area (TPSA) is 84.2 Å². The van der Waals surface area contributed by atoms with E-state index in [2.05, 4.69) is 10.4 Å². The van der Waals surface area contributed by atoms with Crippen molar-refractivity contribution in [3.8, 4) is 11.1 Å². The molecule has 0 spiro atoms. The lowest BCUT2D eigenvalue weighted by atomic mass is 9.93. The Bertz CT molecular complexity index is 1170. The summed E-state index contributed by atoms with van der Waals surface area (Å²) in [6.45, 7) is 0. The van der Waals surface area contributed by atoms with Crippen LogP contribution in [-0.2, 0) is 4.79 Å². The summed E-state index contributed by atoms with van der Waals surface area (Å²) in [7, 11) is 0. The third kappa shape index (κ3) is 3.95. The fourth-order valence-electron chi connectivity index (χ4n) is 4.20. The summed E-state index contributed by atoms with van der Waals surface area (Å²) in [5.41, 5.74) is 3.05. The molecule has 2 saturated carbocycles. The van der Waals surface area contributed by atoms with Crippen LogP contribution in [0.1, 0.15) is 53.6 Å². The maximum atomic E-state index is 12.7. The van der Waals surface area contributed by atoms with Crippen LogP contribution in [0.5, 0.6) is 0 Å². The van der Waals surface area contributed by atoms with Crippen molar-refractivity contribution in [2.24, 2.45) is 5.92 Å². The standard InChI is InChI=1S/C24H22ClN3O3/c25-16-4-1-3-14(9-16)20-11-21(20)23(29)27-17-7-8-19(22(10-17)24(30)31)15-12-26-28(13-15)18-5-2-6-18/h1,3-4,7-10,12-13,18,20-21H,2,5-6,11H2,(H,27,29)(H,30,31)/t20-,21+/m0/s1. The monoisotopic (exact) mass is 435 g/mol. The van der Waals surface area contributed by atoms with Crippen LogP contribution in [0.2, 0.25) is 5.02 Å². The number of nitrogens with one attached hydrogen (secondary N) is 1. The van der Waals surface area contributed by atoms with Gasteiger partial charge in [0, 0.05) is 28.4 Å². The maximum Gasteiger partial charge on any atom is 0.336 e. The van der Waals surface area contributed by atoms with Gasteiger partial charge in [0.1, 0.15) is 0 Å². The number of carboxylic acids is 1. The van der Waals surface area contributed by atoms with Crippen molar-refractivity contribution in [2.75, 3.05) is 5.32 Å². The quantitative estimate of drug-likeness (QED) is 0.545. The summed E-state index contributed by atoms with van der Waals surface area (Å²) in [6.07, 6.45) is 7.79. The highest BCUT2D eigenvalue weighted by Crippen LogP contribution is 2.48. The number of halogens is 1. The van der Waals surface area contributed by atoms with Crippen LogP contribution in [0.4, 0.5) is 5.69 Å². The molecular formula is C24H22ClN3O3. The van der Waals surface area contributed by atoms with E-state index >= 15 is 0 Å². The third-order valence-corrected chi connectivity index (χ3v) is 6.52. The molecule has 0 radical (unpaired) electrons. The first-order valence-corrected chi connectivity index (χ1v) is 10.9. The summed E-state index contributed by atoms with van der Waals surface area (Å²) in [5.74, 6) is -1.13. The van der Waals surface area contributed by atoms with Crippen molar-refractivity contribution in [3.63, 3.8) is 0 Å². The molecule has 2 N–H and O–H groups in total. The highest BCUT2D eigenvalue weighted by molar-refractivity contribution is 6.30. The van der Waals surface area contributed by atoms with Crippen molar-refractivity contribution < 1.29 is 14.7 Å². The van der Waals surface area contributed by atoms with Crippen molar-refractivity contribution in [1.29, 1.82) is 0 Å². The van der Waals surface area contributed by atoms with Crippen LogP contribution in [0.3, 0.4) is 0 Å². The second-order valence-corrected chi connectivity index (χ2v) is 8.79. The molecule has 3 aromatic rings. The summed E-state index contributed by atoms with van der Waals surface area (Å²) in [6, 6.07) is 13.0. The Balaban J connectivity index is 1.32. The van der Waals surface area contributed by atoms with Crippen LogP contribution in [0, 0.1) is 5.92 Å². The molecule has 0 bridgehead atoms. The molecule has 1 heterocycles. The second-order valence-electron chi connectivity index (χ2n) is 8.35. The van der Waals surface area contributed by atoms with E-state index in [1.807, 2.05) is 35.1 Å². The number of anilines is 1. The Kier molecular flexibility index (Phi) is 5.02. The van der Waals surface area contributed by atoms with E-state index in [9.17, 15) is 14.7 Å². The van der Waals surface area contributed by atoms with Crippen LogP contribution >= 0.6 is 11.6 Å². The van der Waals surface area contributed by atoms with Gasteiger partial charge in [-0.15, -0.1) is 0 Å². The number of carboxylic acid groups (broad SMARTS) is 1. The Morgan fingerprint density at radius 2 is 2.00 bits per heavy atom. The fraction of sp³-hybridized carbons (Fsp3) is 0.292. The van der Waals surface area contributed by atoms with Gasteiger partial charge in [0.15, 0.2) is 0 Å². The molecule has 0 aliphatic heterocycles. The molecule has 0 saturated heterocycles. The fourth-order valence-corrected chi connectivity index (χ4v) is 4.40. The summed E-state index contributed by atoms with van der Waals surface area (Å²) in [4.78, 5) is 24.6. The first kappa shape index (κ1) is 19.8. The van der Waals surface area contributed by atoms with Crippen molar-refractivity contribution >= 4 is 29.2 Å². The highest BCUT2D eigenvalue weighted by atomic mass is 35.5. The minimum atomic E-state index is -1.04. The SMILES string of the molecule is O=C(O)c1cc(NC(=O)[C@@H]2C[C@H]2c2cccc(Cl)c2)ccc1-c1cnn(C2CCC2)c1. The number of aromatic carboxylic acids is 1. The lowest BCUT2D eigenvalue weighted by Gasteiger charge is -2.25. The third-order valence-electron chi connectivity index (χ3n) is 6.28. The summed E-state index contributed by atoms with van der Waals surface area (Å²) >= 11 is 6.05. The zero-order valence-corrected chi connectivity index (χ0v) is 17.5. The zero-order chi connectivity index (χ0) is 21.5. The largest absolute Gasteiger partial charge is 0.478 e. The molecule has 31 heavy (non-hydrogen) atoms. The Morgan fingerprint density at radius 1 is 1.16 bits per heavy atom. The second kappa shape index (κ2) is 7.85. The van der Waals surface area contributed by atoms with E-state index < -0.39 is 5.97 Å². The van der Waals surface area contributed by atoms with Gasteiger partial charge in [-0.25, -0.2) is 4.79 Å². The predicted molar refractivity (Wildman–Crippen MR) is 118 cm³/mol. The van der Waals surface area contributed by atoms with Crippen molar-refractivity contribution in [3.05, 3.63) is 71.0 Å². The molecule has 158 valence electrons. The van der Waals surface area contributed by atoms with Gasteiger partial charge in [-0.05, 0) is 67.0 Å². The number of rotatable bonds is 6. The molecule has 1 amide bonds. The van der Waals surface area contributed by atoms with Gasteiger partial charge < -0.3 is 10.4 Å². The van der Waals surface area contributed by atoms with Crippen LogP contribution in [0.25, 0.3) is 11.1 Å². The summed E-state index contributed by atoms with van der Waals surface area (Å²) in [5, 5.41) is 17.7. The molecule has 2 aliphatic carbocycles. The maximum absolute atomic E-state index is 12.7. The number of carbonyl (C=O) groups excluding carboxylic acids is 1. The minimum Gasteiger partial charge on any atom is -0.478 e. The molecule has 7 heteroatoms. The highest BCUT2D eigenvalue weighted by Gasteiger charge is 2.44. The van der Waals surface area contributed by atoms with E-state index in [0.29, 0.717) is 22.3 Å². The van der Waals surface area contributed by atoms with Gasteiger partial charge in [-0.2, -0.15) is 5.10 Å². The lowest BCUT2D eigenvalue weighted by molar-refractivity contribution is -0.117. The molecule has 0 unspecified atom stereocenters.